The molecule has 0 saturated carbocycles. The minimum absolute atomic E-state index is 0.161. The second-order valence-corrected chi connectivity index (χ2v) is 4.35. The van der Waals surface area contributed by atoms with Crippen LogP contribution in [0.2, 0.25) is 5.02 Å². The van der Waals surface area contributed by atoms with Gasteiger partial charge in [0, 0.05) is 16.3 Å². The van der Waals surface area contributed by atoms with Gasteiger partial charge < -0.3 is 10.1 Å². The number of Topliss-reactive ketones (excluding diaryl/α,β-unsaturated/α-hetero) is 1. The zero-order valence-electron chi connectivity index (χ0n) is 10.9. The molecular weight excluding hydrogens is 266 g/mol. The van der Waals surface area contributed by atoms with Gasteiger partial charge in [-0.15, -0.1) is 0 Å². The Labute approximate surface area is 117 Å². The van der Waals surface area contributed by atoms with Gasteiger partial charge in [-0.25, -0.2) is 4.79 Å². The Bertz CT molecular complexity index is 482. The molecule has 0 aliphatic carbocycles. The largest absolute Gasteiger partial charge is 0.464 e. The lowest BCUT2D eigenvalue weighted by molar-refractivity contribution is -0.143. The Balaban J connectivity index is 2.90. The van der Waals surface area contributed by atoms with Gasteiger partial charge in [0.1, 0.15) is 0 Å². The van der Waals surface area contributed by atoms with Crippen LogP contribution in [0.4, 0.5) is 5.69 Å². The van der Waals surface area contributed by atoms with E-state index in [1.165, 1.54) is 6.92 Å². The summed E-state index contributed by atoms with van der Waals surface area (Å²) in [5.41, 5.74) is 0.818. The lowest BCUT2D eigenvalue weighted by atomic mass is 10.1. The number of benzene rings is 1. The van der Waals surface area contributed by atoms with Gasteiger partial charge in [-0.2, -0.15) is 0 Å². The lowest BCUT2D eigenvalue weighted by Gasteiger charge is -2.19. The highest BCUT2D eigenvalue weighted by molar-refractivity contribution is 6.30. The van der Waals surface area contributed by atoms with Crippen molar-refractivity contribution in [3.8, 4) is 0 Å². The quantitative estimate of drug-likeness (QED) is 0.643. The number of ether oxygens (including phenoxy) is 1. The Morgan fingerprint density at radius 3 is 2.42 bits per heavy atom. The summed E-state index contributed by atoms with van der Waals surface area (Å²) in [7, 11) is 0. The van der Waals surface area contributed by atoms with Crippen LogP contribution in [-0.2, 0) is 14.3 Å². The van der Waals surface area contributed by atoms with Crippen LogP contribution in [0.3, 0.4) is 0 Å². The molecule has 5 heteroatoms. The summed E-state index contributed by atoms with van der Waals surface area (Å²) in [5.74, 6) is -0.794. The van der Waals surface area contributed by atoms with Gasteiger partial charge in [-0.1, -0.05) is 18.2 Å². The van der Waals surface area contributed by atoms with Crippen molar-refractivity contribution in [2.45, 2.75) is 19.9 Å². The van der Waals surface area contributed by atoms with Crippen molar-refractivity contribution in [3.05, 3.63) is 41.4 Å². The number of rotatable bonds is 6. The van der Waals surface area contributed by atoms with Crippen molar-refractivity contribution < 1.29 is 14.3 Å². The third-order valence-electron chi connectivity index (χ3n) is 2.48. The molecule has 0 aliphatic heterocycles. The number of carbonyl (C=O) groups is 2. The van der Waals surface area contributed by atoms with E-state index in [9.17, 15) is 9.59 Å². The van der Waals surface area contributed by atoms with Crippen LogP contribution >= 0.6 is 11.6 Å². The Hall–Kier alpha value is -1.81. The number of esters is 1. The Kier molecular flexibility index (Phi) is 5.57. The van der Waals surface area contributed by atoms with Gasteiger partial charge in [0.2, 0.25) is 0 Å². The summed E-state index contributed by atoms with van der Waals surface area (Å²) in [5, 5.41) is 3.51. The first-order valence-electron chi connectivity index (χ1n) is 5.84. The molecule has 0 fully saturated rings. The summed E-state index contributed by atoms with van der Waals surface area (Å²) in [6.07, 6.45) is 0. The number of nitrogens with one attached hydrogen (secondary N) is 1. The minimum atomic E-state index is -0.890. The smallest absolute Gasteiger partial charge is 0.333 e. The molecular formula is C14H16ClNO3. The average Bonchev–Trinajstić information content (AvgIpc) is 2.37. The van der Waals surface area contributed by atoms with Crippen molar-refractivity contribution in [2.75, 3.05) is 11.9 Å². The molecule has 0 aliphatic rings. The van der Waals surface area contributed by atoms with E-state index in [0.29, 0.717) is 10.7 Å². The first-order chi connectivity index (χ1) is 8.95. The lowest BCUT2D eigenvalue weighted by Crippen LogP contribution is -2.35. The zero-order valence-corrected chi connectivity index (χ0v) is 11.7. The van der Waals surface area contributed by atoms with Gasteiger partial charge in [0.15, 0.2) is 11.8 Å². The Morgan fingerprint density at radius 1 is 1.37 bits per heavy atom. The summed E-state index contributed by atoms with van der Waals surface area (Å²) in [6, 6.07) is 5.90. The van der Waals surface area contributed by atoms with Gasteiger partial charge in [0.05, 0.1) is 6.61 Å². The maximum atomic E-state index is 11.8. The molecule has 0 saturated heterocycles. The monoisotopic (exact) mass is 281 g/mol. The number of hydrogen-bond donors (Lipinski definition) is 1. The van der Waals surface area contributed by atoms with Crippen LogP contribution in [-0.4, -0.2) is 24.4 Å². The van der Waals surface area contributed by atoms with Gasteiger partial charge in [0.25, 0.3) is 0 Å². The summed E-state index contributed by atoms with van der Waals surface area (Å²) in [6.45, 7) is 6.93. The van der Waals surface area contributed by atoms with E-state index in [0.717, 1.165) is 0 Å². The van der Waals surface area contributed by atoms with Crippen molar-refractivity contribution in [1.29, 1.82) is 0 Å². The predicted molar refractivity (Wildman–Crippen MR) is 75.3 cm³/mol. The molecule has 0 amide bonds. The molecule has 0 heterocycles. The number of hydrogen-bond acceptors (Lipinski definition) is 4. The molecule has 102 valence electrons. The molecule has 1 aromatic rings. The van der Waals surface area contributed by atoms with Gasteiger partial charge in [-0.3, -0.25) is 4.79 Å². The summed E-state index contributed by atoms with van der Waals surface area (Å²) >= 11 is 5.78. The van der Waals surface area contributed by atoms with E-state index in [4.69, 9.17) is 16.3 Å². The van der Waals surface area contributed by atoms with Crippen molar-refractivity contribution in [1.82, 2.24) is 0 Å². The van der Waals surface area contributed by atoms with Gasteiger partial charge >= 0.3 is 5.97 Å². The molecule has 1 N–H and O–H groups in total. The third-order valence-corrected chi connectivity index (χ3v) is 2.73. The fraction of sp³-hybridized carbons (Fsp3) is 0.286. The summed E-state index contributed by atoms with van der Waals surface area (Å²) < 4.78 is 4.93. The highest BCUT2D eigenvalue weighted by atomic mass is 35.5. The molecule has 0 spiro atoms. The molecule has 1 unspecified atom stereocenters. The minimum Gasteiger partial charge on any atom is -0.464 e. The molecule has 1 aromatic carbocycles. The van der Waals surface area contributed by atoms with E-state index in [2.05, 4.69) is 11.9 Å². The fourth-order valence-corrected chi connectivity index (χ4v) is 1.56. The van der Waals surface area contributed by atoms with E-state index in [1.54, 1.807) is 31.2 Å². The summed E-state index contributed by atoms with van der Waals surface area (Å²) in [4.78, 5) is 23.2. The number of carbonyl (C=O) groups excluding carboxylic acids is 2. The van der Waals surface area contributed by atoms with Crippen LogP contribution in [0, 0.1) is 0 Å². The topological polar surface area (TPSA) is 55.4 Å². The number of ketones is 1. The molecule has 1 atom stereocenters. The molecule has 19 heavy (non-hydrogen) atoms. The number of halogens is 1. The van der Waals surface area contributed by atoms with Crippen LogP contribution in [0.25, 0.3) is 0 Å². The standard InChI is InChI=1S/C14H16ClNO3/c1-4-19-14(18)13(9(2)10(3)17)16-12-7-5-11(15)6-8-12/h5-8,13,16H,2,4H2,1,3H3. The SMILES string of the molecule is C=C(C(C)=O)C(Nc1ccc(Cl)cc1)C(=O)OCC. The van der Waals surface area contributed by atoms with Crippen molar-refractivity contribution in [2.24, 2.45) is 0 Å². The van der Waals surface area contributed by atoms with E-state index in [1.807, 2.05) is 0 Å². The van der Waals surface area contributed by atoms with Crippen LogP contribution in [0.1, 0.15) is 13.8 Å². The highest BCUT2D eigenvalue weighted by Gasteiger charge is 2.25. The van der Waals surface area contributed by atoms with Crippen LogP contribution in [0.15, 0.2) is 36.4 Å². The van der Waals surface area contributed by atoms with E-state index in [-0.39, 0.29) is 18.0 Å². The molecule has 0 bridgehead atoms. The second kappa shape index (κ2) is 6.95. The first kappa shape index (κ1) is 15.2. The van der Waals surface area contributed by atoms with Crippen LogP contribution in [0.5, 0.6) is 0 Å². The van der Waals surface area contributed by atoms with Crippen molar-refractivity contribution >= 4 is 29.0 Å². The fourth-order valence-electron chi connectivity index (χ4n) is 1.43. The van der Waals surface area contributed by atoms with E-state index < -0.39 is 12.0 Å². The normalized spacial score (nSPS) is 11.5. The molecule has 1 rings (SSSR count). The first-order valence-corrected chi connectivity index (χ1v) is 6.22. The number of anilines is 1. The second-order valence-electron chi connectivity index (χ2n) is 3.92. The average molecular weight is 282 g/mol. The highest BCUT2D eigenvalue weighted by Crippen LogP contribution is 2.17. The maximum Gasteiger partial charge on any atom is 0.333 e. The molecule has 0 aromatic heterocycles. The van der Waals surface area contributed by atoms with E-state index >= 15 is 0 Å². The van der Waals surface area contributed by atoms with Crippen LogP contribution < -0.4 is 5.32 Å². The third kappa shape index (κ3) is 4.41. The molecule has 0 radical (unpaired) electrons. The Morgan fingerprint density at radius 2 is 1.95 bits per heavy atom. The van der Waals surface area contributed by atoms with Gasteiger partial charge in [-0.05, 0) is 38.1 Å². The molecule has 4 nitrogen and oxygen atoms in total. The predicted octanol–water partition coefficient (Wildman–Crippen LogP) is 2.83. The maximum absolute atomic E-state index is 11.8. The van der Waals surface area contributed by atoms with Crippen molar-refractivity contribution in [3.63, 3.8) is 0 Å². The zero-order chi connectivity index (χ0) is 14.4.